The van der Waals surface area contributed by atoms with Crippen molar-refractivity contribution >= 4 is 5.65 Å². The van der Waals surface area contributed by atoms with Gasteiger partial charge in [-0.2, -0.15) is 0 Å². The monoisotopic (exact) mass is 341 g/mol. The van der Waals surface area contributed by atoms with Crippen LogP contribution in [0.4, 0.5) is 0 Å². The molecule has 1 N–H and O–H groups in total. The van der Waals surface area contributed by atoms with Gasteiger partial charge in [-0.15, -0.1) is 5.10 Å². The summed E-state index contributed by atoms with van der Waals surface area (Å²) in [4.78, 5) is 10.7. The molecule has 0 aliphatic carbocycles. The quantitative estimate of drug-likeness (QED) is 0.772. The maximum absolute atomic E-state index is 11.2. The van der Waals surface area contributed by atoms with Crippen molar-refractivity contribution in [3.05, 3.63) is 42.4 Å². The number of hydrogen-bond donors (Lipinski definition) is 1. The van der Waals surface area contributed by atoms with Crippen LogP contribution in [0.1, 0.15) is 44.1 Å². The van der Waals surface area contributed by atoms with Gasteiger partial charge in [-0.05, 0) is 33.2 Å². The summed E-state index contributed by atoms with van der Waals surface area (Å²) in [6.45, 7) is 6.32. The first-order valence-electron chi connectivity index (χ1n) is 8.68. The summed E-state index contributed by atoms with van der Waals surface area (Å²) < 4.78 is 3.83. The molecule has 1 fully saturated rings. The Labute approximate surface area is 146 Å². The predicted molar refractivity (Wildman–Crippen MR) is 91.8 cm³/mol. The zero-order chi connectivity index (χ0) is 17.4. The third kappa shape index (κ3) is 3.03. The van der Waals surface area contributed by atoms with Crippen LogP contribution in [-0.4, -0.2) is 52.5 Å². The minimum Gasteiger partial charge on any atom is -0.382 e. The van der Waals surface area contributed by atoms with Gasteiger partial charge in [-0.1, -0.05) is 5.21 Å². The number of nitrogens with zero attached hydrogens (tertiary/aromatic N) is 7. The number of aliphatic hydroxyl groups is 1. The summed E-state index contributed by atoms with van der Waals surface area (Å²) in [5.41, 5.74) is 1.64. The molecule has 4 heterocycles. The molecule has 1 atom stereocenters. The Kier molecular flexibility index (Phi) is 4.01. The maximum atomic E-state index is 11.2. The van der Waals surface area contributed by atoms with Crippen molar-refractivity contribution in [1.82, 2.24) is 34.3 Å². The average molecular weight is 341 g/mol. The fraction of sp³-hybridized carbons (Fsp3) is 0.529. The summed E-state index contributed by atoms with van der Waals surface area (Å²) in [6.07, 6.45) is 10.8. The first kappa shape index (κ1) is 16.2. The van der Waals surface area contributed by atoms with Crippen molar-refractivity contribution in [1.29, 1.82) is 0 Å². The number of rotatable bonds is 4. The Balaban J connectivity index is 1.54. The van der Waals surface area contributed by atoms with Crippen molar-refractivity contribution in [2.24, 2.45) is 0 Å². The zero-order valence-corrected chi connectivity index (χ0v) is 14.6. The van der Waals surface area contributed by atoms with E-state index in [9.17, 15) is 5.11 Å². The van der Waals surface area contributed by atoms with Gasteiger partial charge in [0.1, 0.15) is 11.3 Å². The third-order valence-electron chi connectivity index (χ3n) is 4.85. The van der Waals surface area contributed by atoms with Crippen LogP contribution >= 0.6 is 0 Å². The van der Waals surface area contributed by atoms with Crippen LogP contribution in [-0.2, 0) is 12.1 Å². The third-order valence-corrected chi connectivity index (χ3v) is 4.85. The molecule has 3 aromatic heterocycles. The smallest absolute Gasteiger partial charge is 0.155 e. The number of piperidine rings is 1. The summed E-state index contributed by atoms with van der Waals surface area (Å²) >= 11 is 0. The molecule has 0 bridgehead atoms. The molecule has 8 nitrogen and oxygen atoms in total. The lowest BCUT2D eigenvalue weighted by atomic mass is 9.90. The summed E-state index contributed by atoms with van der Waals surface area (Å²) in [7, 11) is 0. The summed E-state index contributed by atoms with van der Waals surface area (Å²) in [5, 5.41) is 19.5. The van der Waals surface area contributed by atoms with Crippen molar-refractivity contribution in [2.75, 3.05) is 13.1 Å². The van der Waals surface area contributed by atoms with Crippen LogP contribution in [0.25, 0.3) is 5.65 Å². The Bertz CT molecular complexity index is 871. The molecule has 8 heteroatoms. The lowest BCUT2D eigenvalue weighted by Gasteiger charge is -2.37. The molecule has 0 unspecified atom stereocenters. The molecule has 3 aromatic rings. The number of likely N-dealkylation sites (tertiary alicyclic amines) is 1. The van der Waals surface area contributed by atoms with E-state index in [2.05, 4.69) is 39.0 Å². The van der Waals surface area contributed by atoms with Gasteiger partial charge in [-0.3, -0.25) is 14.3 Å². The van der Waals surface area contributed by atoms with E-state index in [1.807, 2.05) is 23.0 Å². The maximum Gasteiger partial charge on any atom is 0.155 e. The molecule has 0 amide bonds. The normalized spacial score (nSPS) is 22.1. The van der Waals surface area contributed by atoms with Crippen molar-refractivity contribution in [3.8, 4) is 0 Å². The van der Waals surface area contributed by atoms with Crippen LogP contribution in [0.3, 0.4) is 0 Å². The van der Waals surface area contributed by atoms with E-state index >= 15 is 0 Å². The van der Waals surface area contributed by atoms with Crippen LogP contribution in [0.5, 0.6) is 0 Å². The fourth-order valence-corrected chi connectivity index (χ4v) is 3.45. The predicted octanol–water partition coefficient (Wildman–Crippen LogP) is 1.39. The van der Waals surface area contributed by atoms with E-state index in [0.717, 1.165) is 30.9 Å². The highest BCUT2D eigenvalue weighted by atomic mass is 16.3. The molecule has 25 heavy (non-hydrogen) atoms. The molecule has 0 aromatic carbocycles. The Morgan fingerprint density at radius 3 is 3.00 bits per heavy atom. The number of hydrogen-bond acceptors (Lipinski definition) is 6. The average Bonchev–Trinajstić information content (AvgIpc) is 3.23. The van der Waals surface area contributed by atoms with Crippen molar-refractivity contribution < 1.29 is 5.11 Å². The van der Waals surface area contributed by atoms with Crippen molar-refractivity contribution in [2.45, 2.75) is 44.9 Å². The SMILES string of the molecule is CC(C)n1cc([C@@]2(O)CCCN(Cc3cnc4cnccn34)C2)nn1. The van der Waals surface area contributed by atoms with E-state index in [1.54, 1.807) is 17.1 Å². The van der Waals surface area contributed by atoms with Gasteiger partial charge in [0.25, 0.3) is 0 Å². The Morgan fingerprint density at radius 1 is 1.32 bits per heavy atom. The summed E-state index contributed by atoms with van der Waals surface area (Å²) in [6, 6.07) is 0.233. The van der Waals surface area contributed by atoms with E-state index in [4.69, 9.17) is 0 Å². The van der Waals surface area contributed by atoms with Gasteiger partial charge in [-0.25, -0.2) is 9.67 Å². The van der Waals surface area contributed by atoms with Crippen molar-refractivity contribution in [3.63, 3.8) is 0 Å². The van der Waals surface area contributed by atoms with Gasteiger partial charge in [0.05, 0.1) is 24.3 Å². The molecular weight excluding hydrogens is 318 g/mol. The minimum absolute atomic E-state index is 0.233. The first-order chi connectivity index (χ1) is 12.0. The van der Waals surface area contributed by atoms with E-state index in [0.29, 0.717) is 18.7 Å². The van der Waals surface area contributed by atoms with Gasteiger partial charge in [0.15, 0.2) is 5.65 Å². The van der Waals surface area contributed by atoms with E-state index < -0.39 is 5.60 Å². The van der Waals surface area contributed by atoms with Crippen LogP contribution in [0.2, 0.25) is 0 Å². The standard InChI is InChI=1S/C17H23N7O/c1-13(2)24-11-15(20-21-24)17(25)4-3-6-22(12-17)10-14-8-19-16-9-18-5-7-23(14)16/h5,7-9,11,13,25H,3-4,6,10,12H2,1-2H3/t17-/m1/s1. The lowest BCUT2D eigenvalue weighted by Crippen LogP contribution is -2.46. The molecule has 1 saturated heterocycles. The number of imidazole rings is 1. The second-order valence-corrected chi connectivity index (χ2v) is 7.08. The second kappa shape index (κ2) is 6.20. The minimum atomic E-state index is -0.951. The molecule has 0 saturated carbocycles. The van der Waals surface area contributed by atoms with Gasteiger partial charge in [0.2, 0.25) is 0 Å². The topological polar surface area (TPSA) is 84.4 Å². The highest BCUT2D eigenvalue weighted by Gasteiger charge is 2.37. The lowest BCUT2D eigenvalue weighted by molar-refractivity contribution is -0.0418. The van der Waals surface area contributed by atoms with Gasteiger partial charge < -0.3 is 5.11 Å². The molecule has 4 rings (SSSR count). The van der Waals surface area contributed by atoms with Crippen LogP contribution < -0.4 is 0 Å². The molecule has 0 radical (unpaired) electrons. The Morgan fingerprint density at radius 2 is 2.20 bits per heavy atom. The second-order valence-electron chi connectivity index (χ2n) is 7.08. The fourth-order valence-electron chi connectivity index (χ4n) is 3.45. The van der Waals surface area contributed by atoms with Crippen LogP contribution in [0, 0.1) is 0 Å². The highest BCUT2D eigenvalue weighted by Crippen LogP contribution is 2.31. The number of fused-ring (bicyclic) bond motifs is 1. The highest BCUT2D eigenvalue weighted by molar-refractivity contribution is 5.36. The van der Waals surface area contributed by atoms with Crippen LogP contribution in [0.15, 0.2) is 31.0 Å². The number of β-amino-alcohol motifs (C(OH)–C–C–N with tert-alkyl or cyclic N) is 1. The molecule has 0 spiro atoms. The largest absolute Gasteiger partial charge is 0.382 e. The van der Waals surface area contributed by atoms with E-state index in [-0.39, 0.29) is 6.04 Å². The molecule has 132 valence electrons. The molecule has 1 aliphatic rings. The van der Waals surface area contributed by atoms with Gasteiger partial charge >= 0.3 is 0 Å². The Hall–Kier alpha value is -2.32. The first-order valence-corrected chi connectivity index (χ1v) is 8.68. The molecule has 1 aliphatic heterocycles. The zero-order valence-electron chi connectivity index (χ0n) is 14.6. The number of aromatic nitrogens is 6. The van der Waals surface area contributed by atoms with Gasteiger partial charge in [0, 0.05) is 31.5 Å². The molecular formula is C17H23N7O. The van der Waals surface area contributed by atoms with E-state index in [1.165, 1.54) is 0 Å². The summed E-state index contributed by atoms with van der Waals surface area (Å²) in [5.74, 6) is 0.